The second-order valence-electron chi connectivity index (χ2n) is 4.62. The van der Waals surface area contributed by atoms with Gasteiger partial charge in [0.15, 0.2) is 0 Å². The third kappa shape index (κ3) is 2.82. The Bertz CT molecular complexity index is 867. The predicted octanol–water partition coefficient (Wildman–Crippen LogP) is 3.59. The van der Waals surface area contributed by atoms with Crippen molar-refractivity contribution in [3.8, 4) is 16.3 Å². The quantitative estimate of drug-likeness (QED) is 0.590. The van der Waals surface area contributed by atoms with Gasteiger partial charge in [-0.3, -0.25) is 4.79 Å². The first-order valence-corrected chi connectivity index (χ1v) is 7.27. The molecule has 0 radical (unpaired) electrons. The molecule has 0 aliphatic carbocycles. The van der Waals surface area contributed by atoms with E-state index in [1.54, 1.807) is 24.3 Å². The maximum atomic E-state index is 11.0. The first-order chi connectivity index (χ1) is 10.5. The number of ether oxygens (including phenoxy) is 1. The smallest absolute Gasteiger partial charge is 0.335 e. The van der Waals surface area contributed by atoms with E-state index >= 15 is 0 Å². The van der Waals surface area contributed by atoms with Crippen LogP contribution in [0, 0.1) is 0 Å². The molecule has 0 aliphatic heterocycles. The van der Waals surface area contributed by atoms with Gasteiger partial charge in [0.1, 0.15) is 10.8 Å². The van der Waals surface area contributed by atoms with Crippen LogP contribution in [0.2, 0.25) is 0 Å². The Labute approximate surface area is 129 Å². The summed E-state index contributed by atoms with van der Waals surface area (Å²) in [5, 5.41) is 9.80. The molecule has 0 bridgehead atoms. The van der Waals surface area contributed by atoms with E-state index in [2.05, 4.69) is 4.98 Å². The number of carbonyl (C=O) groups is 2. The molecule has 2 aromatic carbocycles. The normalized spacial score (nSPS) is 10.6. The summed E-state index contributed by atoms with van der Waals surface area (Å²) in [5.74, 6) is -0.845. The zero-order valence-electron chi connectivity index (χ0n) is 11.6. The Kier molecular flexibility index (Phi) is 3.60. The number of carbonyl (C=O) groups excluding carboxylic acids is 1. The summed E-state index contributed by atoms with van der Waals surface area (Å²) < 4.78 is 5.80. The van der Waals surface area contributed by atoms with Gasteiger partial charge in [0, 0.05) is 12.5 Å². The molecule has 0 aliphatic rings. The molecule has 1 aromatic heterocycles. The first-order valence-electron chi connectivity index (χ1n) is 6.45. The van der Waals surface area contributed by atoms with Gasteiger partial charge in [-0.2, -0.15) is 0 Å². The highest BCUT2D eigenvalue weighted by molar-refractivity contribution is 7.21. The number of hydrogen-bond donors (Lipinski definition) is 1. The van der Waals surface area contributed by atoms with E-state index in [9.17, 15) is 9.59 Å². The van der Waals surface area contributed by atoms with Crippen LogP contribution in [0.1, 0.15) is 17.3 Å². The van der Waals surface area contributed by atoms with Crippen molar-refractivity contribution in [2.24, 2.45) is 0 Å². The fourth-order valence-electron chi connectivity index (χ4n) is 2.01. The summed E-state index contributed by atoms with van der Waals surface area (Å²) >= 11 is 1.42. The highest BCUT2D eigenvalue weighted by Crippen LogP contribution is 2.31. The average Bonchev–Trinajstić information content (AvgIpc) is 2.90. The zero-order chi connectivity index (χ0) is 15.7. The van der Waals surface area contributed by atoms with Gasteiger partial charge >= 0.3 is 11.9 Å². The van der Waals surface area contributed by atoms with Crippen molar-refractivity contribution >= 4 is 33.5 Å². The minimum absolute atomic E-state index is 0.243. The number of aromatic carboxylic acids is 1. The third-order valence-corrected chi connectivity index (χ3v) is 4.07. The lowest BCUT2D eigenvalue weighted by atomic mass is 10.2. The molecular formula is C16H11NO4S. The topological polar surface area (TPSA) is 76.5 Å². The summed E-state index contributed by atoms with van der Waals surface area (Å²) in [5.41, 5.74) is 1.89. The van der Waals surface area contributed by atoms with Crippen LogP contribution >= 0.6 is 11.3 Å². The molecule has 3 aromatic rings. The summed E-state index contributed by atoms with van der Waals surface area (Å²) in [6.45, 7) is 1.35. The number of hydrogen-bond acceptors (Lipinski definition) is 5. The largest absolute Gasteiger partial charge is 0.478 e. The van der Waals surface area contributed by atoms with Crippen LogP contribution in [-0.4, -0.2) is 22.0 Å². The lowest BCUT2D eigenvalue weighted by Crippen LogP contribution is -2.00. The Morgan fingerprint density at radius 3 is 2.50 bits per heavy atom. The number of benzene rings is 2. The molecule has 1 heterocycles. The highest BCUT2D eigenvalue weighted by Gasteiger charge is 2.10. The summed E-state index contributed by atoms with van der Waals surface area (Å²) in [7, 11) is 0. The van der Waals surface area contributed by atoms with Crippen LogP contribution < -0.4 is 4.74 Å². The molecule has 0 atom stereocenters. The number of thiazole rings is 1. The van der Waals surface area contributed by atoms with E-state index in [-0.39, 0.29) is 11.5 Å². The van der Waals surface area contributed by atoms with Crippen molar-refractivity contribution in [3.05, 3.63) is 48.0 Å². The SMILES string of the molecule is CC(=O)Oc1ccc(-c2nc3ccc(C(=O)O)cc3s2)cc1. The molecule has 110 valence electrons. The molecule has 22 heavy (non-hydrogen) atoms. The van der Waals surface area contributed by atoms with Crippen LogP contribution in [0.15, 0.2) is 42.5 Å². The molecule has 5 nitrogen and oxygen atoms in total. The molecule has 3 rings (SSSR count). The minimum atomic E-state index is -0.956. The van der Waals surface area contributed by atoms with Crippen molar-refractivity contribution in [1.82, 2.24) is 4.98 Å². The predicted molar refractivity (Wildman–Crippen MR) is 83.3 cm³/mol. The molecule has 0 saturated heterocycles. The van der Waals surface area contributed by atoms with Gasteiger partial charge in [0.05, 0.1) is 15.8 Å². The van der Waals surface area contributed by atoms with Gasteiger partial charge in [0.25, 0.3) is 0 Å². The van der Waals surface area contributed by atoms with Gasteiger partial charge in [-0.05, 0) is 42.5 Å². The summed E-state index contributed by atoms with van der Waals surface area (Å²) in [4.78, 5) is 26.4. The van der Waals surface area contributed by atoms with Gasteiger partial charge in [-0.25, -0.2) is 9.78 Å². The van der Waals surface area contributed by atoms with Crippen LogP contribution in [0.3, 0.4) is 0 Å². The molecular weight excluding hydrogens is 302 g/mol. The second kappa shape index (κ2) is 5.57. The van der Waals surface area contributed by atoms with Crippen molar-refractivity contribution in [3.63, 3.8) is 0 Å². The number of carboxylic acid groups (broad SMARTS) is 1. The van der Waals surface area contributed by atoms with Crippen molar-refractivity contribution in [2.45, 2.75) is 6.92 Å². The first kappa shape index (κ1) is 14.2. The van der Waals surface area contributed by atoms with E-state index in [1.807, 2.05) is 12.1 Å². The van der Waals surface area contributed by atoms with Crippen LogP contribution in [0.25, 0.3) is 20.8 Å². The number of nitrogens with zero attached hydrogens (tertiary/aromatic N) is 1. The highest BCUT2D eigenvalue weighted by atomic mass is 32.1. The average molecular weight is 313 g/mol. The van der Waals surface area contributed by atoms with E-state index in [0.717, 1.165) is 20.8 Å². The fourth-order valence-corrected chi connectivity index (χ4v) is 3.02. The van der Waals surface area contributed by atoms with Crippen LogP contribution in [-0.2, 0) is 4.79 Å². The molecule has 0 unspecified atom stereocenters. The Balaban J connectivity index is 1.95. The van der Waals surface area contributed by atoms with Crippen molar-refractivity contribution < 1.29 is 19.4 Å². The molecule has 6 heteroatoms. The fraction of sp³-hybridized carbons (Fsp3) is 0.0625. The van der Waals surface area contributed by atoms with E-state index in [0.29, 0.717) is 5.75 Å². The molecule has 1 N–H and O–H groups in total. The Morgan fingerprint density at radius 1 is 1.14 bits per heavy atom. The Hall–Kier alpha value is -2.73. The van der Waals surface area contributed by atoms with E-state index in [4.69, 9.17) is 9.84 Å². The lowest BCUT2D eigenvalue weighted by Gasteiger charge is -2.01. The number of aromatic nitrogens is 1. The number of rotatable bonds is 3. The maximum absolute atomic E-state index is 11.0. The molecule has 0 saturated carbocycles. The van der Waals surface area contributed by atoms with Gasteiger partial charge in [-0.15, -0.1) is 11.3 Å². The minimum Gasteiger partial charge on any atom is -0.478 e. The van der Waals surface area contributed by atoms with Crippen molar-refractivity contribution in [2.75, 3.05) is 0 Å². The number of carboxylic acids is 1. The number of esters is 1. The molecule has 0 spiro atoms. The van der Waals surface area contributed by atoms with E-state index < -0.39 is 5.97 Å². The van der Waals surface area contributed by atoms with Gasteiger partial charge < -0.3 is 9.84 Å². The maximum Gasteiger partial charge on any atom is 0.335 e. The third-order valence-electron chi connectivity index (χ3n) is 3.00. The van der Waals surface area contributed by atoms with E-state index in [1.165, 1.54) is 24.3 Å². The second-order valence-corrected chi connectivity index (χ2v) is 5.66. The molecule has 0 amide bonds. The monoisotopic (exact) mass is 313 g/mol. The molecule has 0 fully saturated rings. The summed E-state index contributed by atoms with van der Waals surface area (Å²) in [6, 6.07) is 11.9. The standard InChI is InChI=1S/C16H11NO4S/c1-9(18)21-12-5-2-10(3-6-12)15-17-13-7-4-11(16(19)20)8-14(13)22-15/h2-8H,1H3,(H,19,20). The van der Waals surface area contributed by atoms with Crippen LogP contribution in [0.4, 0.5) is 0 Å². The number of fused-ring (bicyclic) bond motifs is 1. The van der Waals surface area contributed by atoms with Crippen molar-refractivity contribution in [1.29, 1.82) is 0 Å². The lowest BCUT2D eigenvalue weighted by molar-refractivity contribution is -0.131. The van der Waals surface area contributed by atoms with Gasteiger partial charge in [0.2, 0.25) is 0 Å². The van der Waals surface area contributed by atoms with Crippen LogP contribution in [0.5, 0.6) is 5.75 Å². The zero-order valence-corrected chi connectivity index (χ0v) is 12.4. The van der Waals surface area contributed by atoms with Gasteiger partial charge in [-0.1, -0.05) is 0 Å². The Morgan fingerprint density at radius 2 is 1.86 bits per heavy atom. The summed E-state index contributed by atoms with van der Waals surface area (Å²) in [6.07, 6.45) is 0.